The van der Waals surface area contributed by atoms with Crippen molar-refractivity contribution in [2.75, 3.05) is 5.32 Å². The van der Waals surface area contributed by atoms with Gasteiger partial charge in [0.1, 0.15) is 22.7 Å². The molecule has 0 spiro atoms. The second-order valence-electron chi connectivity index (χ2n) is 7.12. The van der Waals surface area contributed by atoms with Gasteiger partial charge in [-0.3, -0.25) is 4.79 Å². The highest BCUT2D eigenvalue weighted by Crippen LogP contribution is 2.32. The summed E-state index contributed by atoms with van der Waals surface area (Å²) in [5.41, 5.74) is 2.27. The molecule has 0 saturated carbocycles. The Morgan fingerprint density at radius 2 is 2.03 bits per heavy atom. The first-order chi connectivity index (χ1) is 15.1. The molecular weight excluding hydrogens is 397 g/mol. The minimum Gasteiger partial charge on any atom is -0.458 e. The number of H-pyrrole nitrogens is 1. The zero-order chi connectivity index (χ0) is 21.4. The number of nitrogens with one attached hydrogen (secondary N) is 2. The molecule has 2 aromatic carbocycles. The molecule has 0 unspecified atom stereocenters. The van der Waals surface area contributed by atoms with Crippen LogP contribution in [0.1, 0.15) is 25.1 Å². The van der Waals surface area contributed by atoms with Crippen LogP contribution in [0.2, 0.25) is 0 Å². The van der Waals surface area contributed by atoms with Crippen molar-refractivity contribution in [2.24, 2.45) is 0 Å². The van der Waals surface area contributed by atoms with E-state index in [4.69, 9.17) is 4.42 Å². The molecule has 0 radical (unpaired) electrons. The molecule has 0 fully saturated rings. The Hall–Kier alpha value is -4.07. The highest BCUT2D eigenvalue weighted by molar-refractivity contribution is 5.83. The van der Waals surface area contributed by atoms with Gasteiger partial charge in [-0.05, 0) is 36.2 Å². The van der Waals surface area contributed by atoms with E-state index in [0.717, 1.165) is 5.52 Å². The summed E-state index contributed by atoms with van der Waals surface area (Å²) in [5, 5.41) is 3.68. The van der Waals surface area contributed by atoms with Crippen LogP contribution >= 0.6 is 0 Å². The van der Waals surface area contributed by atoms with E-state index in [9.17, 15) is 9.18 Å². The Labute approximate surface area is 176 Å². The lowest BCUT2D eigenvalue weighted by Crippen LogP contribution is -2.18. The van der Waals surface area contributed by atoms with Crippen molar-refractivity contribution in [1.82, 2.24) is 19.9 Å². The van der Waals surface area contributed by atoms with Crippen molar-refractivity contribution in [3.63, 3.8) is 0 Å². The SMILES string of the molecule is CC[C@H](Nc1ncc2[nH]cnc2n1)c1oc2ccccc2c(=O)c1-c1cccc(F)c1. The summed E-state index contributed by atoms with van der Waals surface area (Å²) in [6.45, 7) is 1.95. The maximum Gasteiger partial charge on any atom is 0.225 e. The van der Waals surface area contributed by atoms with Gasteiger partial charge in [0.15, 0.2) is 5.65 Å². The fourth-order valence-electron chi connectivity index (χ4n) is 3.64. The number of halogens is 1. The third kappa shape index (κ3) is 3.42. The Morgan fingerprint density at radius 1 is 1.16 bits per heavy atom. The second-order valence-corrected chi connectivity index (χ2v) is 7.12. The van der Waals surface area contributed by atoms with Crippen LogP contribution in [0.5, 0.6) is 0 Å². The van der Waals surface area contributed by atoms with E-state index in [2.05, 4.69) is 25.3 Å². The van der Waals surface area contributed by atoms with E-state index >= 15 is 0 Å². The molecule has 2 N–H and O–H groups in total. The maximum atomic E-state index is 14.0. The summed E-state index contributed by atoms with van der Waals surface area (Å²) in [7, 11) is 0. The van der Waals surface area contributed by atoms with Gasteiger partial charge in [0.2, 0.25) is 11.4 Å². The number of aromatic amines is 1. The molecule has 3 heterocycles. The van der Waals surface area contributed by atoms with Crippen molar-refractivity contribution >= 4 is 28.1 Å². The Bertz CT molecular complexity index is 1460. The minimum atomic E-state index is -0.427. The van der Waals surface area contributed by atoms with E-state index in [1.807, 2.05) is 6.92 Å². The van der Waals surface area contributed by atoms with Crippen LogP contribution in [-0.4, -0.2) is 19.9 Å². The number of hydrogen-bond acceptors (Lipinski definition) is 6. The van der Waals surface area contributed by atoms with Crippen LogP contribution in [0.15, 0.2) is 70.3 Å². The molecule has 0 amide bonds. The fraction of sp³-hybridized carbons (Fsp3) is 0.130. The lowest BCUT2D eigenvalue weighted by Gasteiger charge is -2.19. The van der Waals surface area contributed by atoms with Crippen molar-refractivity contribution in [3.05, 3.63) is 82.9 Å². The highest BCUT2D eigenvalue weighted by atomic mass is 19.1. The van der Waals surface area contributed by atoms with E-state index in [-0.39, 0.29) is 5.43 Å². The second kappa shape index (κ2) is 7.64. The van der Waals surface area contributed by atoms with E-state index < -0.39 is 11.9 Å². The largest absolute Gasteiger partial charge is 0.458 e. The predicted molar refractivity (Wildman–Crippen MR) is 116 cm³/mol. The molecule has 3 aromatic heterocycles. The van der Waals surface area contributed by atoms with Gasteiger partial charge < -0.3 is 14.7 Å². The molecule has 5 rings (SSSR count). The summed E-state index contributed by atoms with van der Waals surface area (Å²) < 4.78 is 20.2. The highest BCUT2D eigenvalue weighted by Gasteiger charge is 2.24. The Balaban J connectivity index is 1.69. The lowest BCUT2D eigenvalue weighted by atomic mass is 9.97. The first kappa shape index (κ1) is 18.9. The van der Waals surface area contributed by atoms with Crippen molar-refractivity contribution < 1.29 is 8.81 Å². The smallest absolute Gasteiger partial charge is 0.225 e. The lowest BCUT2D eigenvalue weighted by molar-refractivity contribution is 0.494. The number of benzene rings is 2. The summed E-state index contributed by atoms with van der Waals surface area (Å²) in [4.78, 5) is 29.2. The molecule has 0 aliphatic heterocycles. The topological polar surface area (TPSA) is 96.7 Å². The molecule has 8 heteroatoms. The average Bonchev–Trinajstić information content (AvgIpc) is 3.25. The zero-order valence-electron chi connectivity index (χ0n) is 16.6. The van der Waals surface area contributed by atoms with Gasteiger partial charge in [-0.25, -0.2) is 14.4 Å². The number of aromatic nitrogens is 4. The predicted octanol–water partition coefficient (Wildman–Crippen LogP) is 4.83. The Morgan fingerprint density at radius 3 is 2.87 bits per heavy atom. The number of hydrogen-bond donors (Lipinski definition) is 2. The van der Waals surface area contributed by atoms with Crippen molar-refractivity contribution in [2.45, 2.75) is 19.4 Å². The zero-order valence-corrected chi connectivity index (χ0v) is 16.6. The summed E-state index contributed by atoms with van der Waals surface area (Å²) in [5.74, 6) is 0.333. The fourth-order valence-corrected chi connectivity index (χ4v) is 3.64. The first-order valence-corrected chi connectivity index (χ1v) is 9.88. The number of para-hydroxylation sites is 1. The van der Waals surface area contributed by atoms with Crippen LogP contribution in [0, 0.1) is 5.82 Å². The standard InChI is InChI=1S/C23H18FN5O2/c1-2-16(28-23-25-11-17-22(29-23)27-12-26-17)21-19(13-6-5-7-14(24)10-13)20(30)15-8-3-4-9-18(15)31-21/h3-12,16H,2H2,1H3,(H2,25,26,27,28,29)/t16-/m0/s1. The molecule has 0 saturated heterocycles. The number of anilines is 1. The van der Waals surface area contributed by atoms with Crippen molar-refractivity contribution in [1.29, 1.82) is 0 Å². The molecular formula is C23H18FN5O2. The van der Waals surface area contributed by atoms with Gasteiger partial charge in [0, 0.05) is 0 Å². The number of imidazole rings is 1. The van der Waals surface area contributed by atoms with Crippen LogP contribution in [0.4, 0.5) is 10.3 Å². The summed E-state index contributed by atoms with van der Waals surface area (Å²) >= 11 is 0. The monoisotopic (exact) mass is 415 g/mol. The molecule has 7 nitrogen and oxygen atoms in total. The quantitative estimate of drug-likeness (QED) is 0.427. The van der Waals surface area contributed by atoms with Gasteiger partial charge in [-0.2, -0.15) is 4.98 Å². The van der Waals surface area contributed by atoms with Gasteiger partial charge >= 0.3 is 0 Å². The third-order valence-corrected chi connectivity index (χ3v) is 5.14. The molecule has 0 aliphatic carbocycles. The molecule has 0 aliphatic rings. The number of nitrogens with zero attached hydrogens (tertiary/aromatic N) is 3. The minimum absolute atomic E-state index is 0.216. The summed E-state index contributed by atoms with van der Waals surface area (Å²) in [6, 6.07) is 12.6. The molecule has 1 atom stereocenters. The molecule has 0 bridgehead atoms. The van der Waals surface area contributed by atoms with Crippen LogP contribution in [0.25, 0.3) is 33.3 Å². The van der Waals surface area contributed by atoms with E-state index in [0.29, 0.717) is 45.9 Å². The third-order valence-electron chi connectivity index (χ3n) is 5.14. The maximum absolute atomic E-state index is 14.0. The number of rotatable bonds is 5. The number of fused-ring (bicyclic) bond motifs is 2. The average molecular weight is 415 g/mol. The van der Waals surface area contributed by atoms with Crippen LogP contribution in [0.3, 0.4) is 0 Å². The van der Waals surface area contributed by atoms with Gasteiger partial charge in [0.05, 0.1) is 29.5 Å². The van der Waals surface area contributed by atoms with Crippen molar-refractivity contribution in [3.8, 4) is 11.1 Å². The van der Waals surface area contributed by atoms with Gasteiger partial charge in [-0.1, -0.05) is 31.2 Å². The van der Waals surface area contributed by atoms with E-state index in [1.54, 1.807) is 48.9 Å². The van der Waals surface area contributed by atoms with E-state index in [1.165, 1.54) is 12.1 Å². The Kier molecular flexibility index (Phi) is 4.66. The summed E-state index contributed by atoms with van der Waals surface area (Å²) in [6.07, 6.45) is 3.75. The molecule has 5 aromatic rings. The molecule has 154 valence electrons. The normalized spacial score (nSPS) is 12.3. The van der Waals surface area contributed by atoms with Crippen LogP contribution < -0.4 is 10.7 Å². The van der Waals surface area contributed by atoms with Crippen LogP contribution in [-0.2, 0) is 0 Å². The molecule has 31 heavy (non-hydrogen) atoms. The van der Waals surface area contributed by atoms with Gasteiger partial charge in [-0.15, -0.1) is 0 Å². The van der Waals surface area contributed by atoms with Gasteiger partial charge in [0.25, 0.3) is 0 Å². The first-order valence-electron chi connectivity index (χ1n) is 9.88.